The van der Waals surface area contributed by atoms with E-state index in [1.807, 2.05) is 29.3 Å². The molecule has 3 rings (SSSR count). The lowest BCUT2D eigenvalue weighted by Crippen LogP contribution is -2.64. The van der Waals surface area contributed by atoms with Crippen molar-refractivity contribution in [2.75, 3.05) is 13.1 Å². The smallest absolute Gasteiger partial charge is 0.317 e. The van der Waals surface area contributed by atoms with Gasteiger partial charge in [-0.05, 0) is 52.7 Å². The monoisotopic (exact) mass is 362 g/mol. The van der Waals surface area contributed by atoms with Gasteiger partial charge in [0.25, 0.3) is 6.47 Å². The highest BCUT2D eigenvalue weighted by atomic mass is 16.3. The van der Waals surface area contributed by atoms with Crippen LogP contribution in [-0.2, 0) is 4.79 Å². The van der Waals surface area contributed by atoms with E-state index >= 15 is 0 Å². The molecule has 1 aromatic rings. The van der Waals surface area contributed by atoms with Gasteiger partial charge in [0.15, 0.2) is 0 Å². The van der Waals surface area contributed by atoms with E-state index in [9.17, 15) is 4.79 Å². The Bertz CT molecular complexity index is 596. The first-order valence-corrected chi connectivity index (χ1v) is 8.99. The summed E-state index contributed by atoms with van der Waals surface area (Å²) in [5, 5.41) is 13.8. The number of hydrogen-bond acceptors (Lipinski definition) is 4. The predicted molar refractivity (Wildman–Crippen MR) is 100 cm³/mol. The van der Waals surface area contributed by atoms with Crippen LogP contribution in [0.5, 0.6) is 0 Å². The zero-order valence-corrected chi connectivity index (χ0v) is 16.0. The van der Waals surface area contributed by atoms with Crippen molar-refractivity contribution < 1.29 is 14.7 Å². The van der Waals surface area contributed by atoms with Crippen LogP contribution in [0, 0.1) is 0 Å². The first-order valence-electron chi connectivity index (χ1n) is 8.99. The maximum atomic E-state index is 12.5. The molecule has 0 spiro atoms. The molecule has 0 saturated carbocycles. The quantitative estimate of drug-likeness (QED) is 0.701. The molecule has 7 heteroatoms. The lowest BCUT2D eigenvalue weighted by molar-refractivity contribution is -0.122. The standard InChI is InChI=1S/C18H28N4O.CH2O2/c1-17(2)9-14(10-18(3,4)21-17)20-16(23)22-11-13(12-22)15-7-5-6-8-19-15;2-1-3/h5-8,13-14,21H,9-12H2,1-4H3,(H,20,23);1H,(H,2,3). The van der Waals surface area contributed by atoms with Crippen LogP contribution in [0.1, 0.15) is 52.1 Å². The van der Waals surface area contributed by atoms with Crippen molar-refractivity contribution in [3.8, 4) is 0 Å². The number of aromatic nitrogens is 1. The van der Waals surface area contributed by atoms with E-state index in [1.54, 1.807) is 0 Å². The third-order valence-electron chi connectivity index (χ3n) is 4.79. The van der Waals surface area contributed by atoms with Crippen LogP contribution in [0.4, 0.5) is 4.79 Å². The molecule has 2 aliphatic heterocycles. The number of carbonyl (C=O) groups is 2. The van der Waals surface area contributed by atoms with Gasteiger partial charge in [0.05, 0.1) is 0 Å². The van der Waals surface area contributed by atoms with Crippen LogP contribution in [0.2, 0.25) is 0 Å². The highest BCUT2D eigenvalue weighted by Crippen LogP contribution is 2.30. The molecule has 2 amide bonds. The van der Waals surface area contributed by atoms with E-state index in [0.29, 0.717) is 5.92 Å². The molecule has 1 aromatic heterocycles. The van der Waals surface area contributed by atoms with Crippen molar-refractivity contribution in [2.24, 2.45) is 0 Å². The number of nitrogens with zero attached hydrogens (tertiary/aromatic N) is 2. The zero-order chi connectivity index (χ0) is 19.4. The Kier molecular flexibility index (Phi) is 6.23. The molecular formula is C19H30N4O3. The molecule has 0 atom stereocenters. The number of hydrogen-bond donors (Lipinski definition) is 3. The van der Waals surface area contributed by atoms with Crippen LogP contribution in [0.3, 0.4) is 0 Å². The third-order valence-corrected chi connectivity index (χ3v) is 4.79. The lowest BCUT2D eigenvalue weighted by Gasteiger charge is -2.47. The van der Waals surface area contributed by atoms with Gasteiger partial charge >= 0.3 is 6.03 Å². The molecule has 2 saturated heterocycles. The first-order chi connectivity index (χ1) is 12.2. The molecule has 0 unspecified atom stereocenters. The Morgan fingerprint density at radius 2 is 1.85 bits per heavy atom. The minimum absolute atomic E-state index is 0.0468. The molecule has 3 N–H and O–H groups in total. The van der Waals surface area contributed by atoms with E-state index in [4.69, 9.17) is 9.90 Å². The van der Waals surface area contributed by atoms with E-state index in [0.717, 1.165) is 31.6 Å². The van der Waals surface area contributed by atoms with Crippen LogP contribution in [0.15, 0.2) is 24.4 Å². The number of amides is 2. The predicted octanol–water partition coefficient (Wildman–Crippen LogP) is 2.20. The summed E-state index contributed by atoms with van der Waals surface area (Å²) >= 11 is 0. The highest BCUT2D eigenvalue weighted by molar-refractivity contribution is 5.75. The van der Waals surface area contributed by atoms with Crippen molar-refractivity contribution in [2.45, 2.75) is 63.6 Å². The fourth-order valence-electron chi connectivity index (χ4n) is 4.14. The van der Waals surface area contributed by atoms with Crippen molar-refractivity contribution in [1.29, 1.82) is 0 Å². The summed E-state index contributed by atoms with van der Waals surface area (Å²) in [6.45, 7) is 10.1. The summed E-state index contributed by atoms with van der Waals surface area (Å²) < 4.78 is 0. The molecule has 0 aliphatic carbocycles. The maximum Gasteiger partial charge on any atom is 0.317 e. The normalized spacial score (nSPS) is 21.8. The van der Waals surface area contributed by atoms with Gasteiger partial charge in [0, 0.05) is 48.0 Å². The average molecular weight is 362 g/mol. The minimum atomic E-state index is -0.250. The summed E-state index contributed by atoms with van der Waals surface area (Å²) in [7, 11) is 0. The molecule has 0 bridgehead atoms. The summed E-state index contributed by atoms with van der Waals surface area (Å²) in [6, 6.07) is 6.26. The number of likely N-dealkylation sites (tertiary alicyclic amines) is 1. The number of carbonyl (C=O) groups excluding carboxylic acids is 1. The number of pyridine rings is 1. The van der Waals surface area contributed by atoms with Gasteiger partial charge in [-0.15, -0.1) is 0 Å². The third kappa shape index (κ3) is 5.42. The van der Waals surface area contributed by atoms with E-state index in [-0.39, 0.29) is 29.6 Å². The molecule has 26 heavy (non-hydrogen) atoms. The fourth-order valence-corrected chi connectivity index (χ4v) is 4.14. The molecule has 0 radical (unpaired) electrons. The van der Waals surface area contributed by atoms with E-state index in [1.165, 1.54) is 0 Å². The van der Waals surface area contributed by atoms with Gasteiger partial charge in [0.1, 0.15) is 0 Å². The van der Waals surface area contributed by atoms with Crippen LogP contribution >= 0.6 is 0 Å². The van der Waals surface area contributed by atoms with Gasteiger partial charge in [-0.3, -0.25) is 9.78 Å². The van der Waals surface area contributed by atoms with Crippen molar-refractivity contribution in [3.63, 3.8) is 0 Å². The number of nitrogens with one attached hydrogen (secondary N) is 2. The van der Waals surface area contributed by atoms with Crippen LogP contribution in [0.25, 0.3) is 0 Å². The number of rotatable bonds is 2. The number of urea groups is 1. The van der Waals surface area contributed by atoms with Gasteiger partial charge < -0.3 is 20.6 Å². The number of carboxylic acid groups (broad SMARTS) is 1. The maximum absolute atomic E-state index is 12.5. The Hall–Kier alpha value is -2.15. The van der Waals surface area contributed by atoms with Crippen molar-refractivity contribution in [3.05, 3.63) is 30.1 Å². The molecule has 7 nitrogen and oxygen atoms in total. The Morgan fingerprint density at radius 1 is 1.27 bits per heavy atom. The van der Waals surface area contributed by atoms with E-state index in [2.05, 4.69) is 43.3 Å². The second-order valence-electron chi connectivity index (χ2n) is 8.41. The Labute approximate surface area is 155 Å². The molecule has 0 aromatic carbocycles. The van der Waals surface area contributed by atoms with Crippen LogP contribution in [-0.4, -0.2) is 57.7 Å². The summed E-state index contributed by atoms with van der Waals surface area (Å²) in [6.07, 6.45) is 3.73. The van der Waals surface area contributed by atoms with Gasteiger partial charge in [-0.25, -0.2) is 4.79 Å². The van der Waals surface area contributed by atoms with Gasteiger partial charge in [-0.2, -0.15) is 0 Å². The molecule has 144 valence electrons. The molecule has 2 aliphatic rings. The first kappa shape index (κ1) is 20.2. The van der Waals surface area contributed by atoms with Gasteiger partial charge in [0.2, 0.25) is 0 Å². The lowest BCUT2D eigenvalue weighted by atomic mass is 9.79. The second-order valence-corrected chi connectivity index (χ2v) is 8.41. The molecular weight excluding hydrogens is 332 g/mol. The van der Waals surface area contributed by atoms with Crippen LogP contribution < -0.4 is 10.6 Å². The summed E-state index contributed by atoms with van der Waals surface area (Å²) in [4.78, 5) is 27.1. The summed E-state index contributed by atoms with van der Waals surface area (Å²) in [5.74, 6) is 0.378. The topological polar surface area (TPSA) is 94.6 Å². The largest absolute Gasteiger partial charge is 0.483 e. The van der Waals surface area contributed by atoms with E-state index < -0.39 is 0 Å². The summed E-state index contributed by atoms with van der Waals surface area (Å²) in [5.41, 5.74) is 1.18. The van der Waals surface area contributed by atoms with Crippen molar-refractivity contribution >= 4 is 12.5 Å². The zero-order valence-electron chi connectivity index (χ0n) is 16.0. The average Bonchev–Trinajstić information content (AvgIpc) is 2.44. The van der Waals surface area contributed by atoms with Crippen molar-refractivity contribution in [1.82, 2.24) is 20.5 Å². The molecule has 3 heterocycles. The second kappa shape index (κ2) is 8.03. The minimum Gasteiger partial charge on any atom is -0.483 e. The SMILES string of the molecule is CC1(C)CC(NC(=O)N2CC(c3ccccn3)C2)CC(C)(C)N1.O=CO. The molecule has 2 fully saturated rings. The highest BCUT2D eigenvalue weighted by Gasteiger charge is 2.40. The van der Waals surface area contributed by atoms with Gasteiger partial charge in [-0.1, -0.05) is 6.07 Å². The fraction of sp³-hybridized carbons (Fsp3) is 0.632. The Morgan fingerprint density at radius 3 is 2.35 bits per heavy atom. The Balaban J connectivity index is 0.000000758. The number of piperidine rings is 1.